The van der Waals surface area contributed by atoms with Crippen LogP contribution in [0.25, 0.3) is 0 Å². The molecule has 28 heteroatoms. The van der Waals surface area contributed by atoms with Crippen molar-refractivity contribution in [3.8, 4) is 0 Å². The number of nitrogens with two attached hydrogens (primary N) is 4. The second-order valence-corrected chi connectivity index (χ2v) is 19.5. The molecular weight excluding hydrogens is 1010 g/mol. The molecule has 77 heavy (non-hydrogen) atoms. The Balaban J connectivity index is 3.30. The summed E-state index contributed by atoms with van der Waals surface area (Å²) in [6.45, 7) is 12.2. The number of amides is 10. The monoisotopic (exact) mass is 1090 g/mol. The van der Waals surface area contributed by atoms with Crippen LogP contribution in [0.3, 0.4) is 0 Å². The standard InChI is InChI=1S/C49H80N14O14/c1-9-26(6)39(47(75)59-31(16-13-17-54-49(52)53)43(71)57-28(8)41(69)56-27(7)40(68)55-23-37(65)58-35(48(76)77)19-25(4)5)63-46(74)33(21-36(51)64)61-45(73)34(22-38(66)67)62-44(72)32(18-24(2)3)60-42(70)30(50)20-29-14-11-10-12-15-29/h10-12,14-15,24-28,30-35,39H,9,13,16-23,50H2,1-8H3,(H2,51,64)(H,55,68)(H,56,69)(H,57,71)(H,58,65)(H,59,75)(H,60,70)(H,61,73)(H,62,72)(H,63,74)(H,66,67)(H,76,77)(H4,52,53,54)/t26-,27-,28-,30-,31-,32-,33-,34-,35-,39-/m0/s1. The summed E-state index contributed by atoms with van der Waals surface area (Å²) in [6, 6.07) is -3.97. The molecular formula is C49H80N14O14. The van der Waals surface area contributed by atoms with Crippen molar-refractivity contribution in [2.24, 2.45) is 45.7 Å². The molecule has 430 valence electrons. The van der Waals surface area contributed by atoms with Crippen LogP contribution in [0.5, 0.6) is 0 Å². The van der Waals surface area contributed by atoms with Crippen LogP contribution in [0.4, 0.5) is 0 Å². The molecule has 19 N–H and O–H groups in total. The molecule has 0 aliphatic heterocycles. The SMILES string of the molecule is CC[C@H](C)[C@H](NC(=O)[C@H](CC(N)=O)NC(=O)[C@H](CC(=O)O)NC(=O)[C@H](CC(C)C)NC(=O)[C@@H](N)Cc1ccccc1)C(=O)N[C@@H](CCCN=C(N)N)C(=O)N[C@@H](C)C(=O)N[C@@H](C)C(=O)NCC(=O)N[C@@H](CC(C)C)C(=O)O. The first-order valence-corrected chi connectivity index (χ1v) is 25.2. The van der Waals surface area contributed by atoms with E-state index >= 15 is 0 Å². The van der Waals surface area contributed by atoms with Gasteiger partial charge in [0.05, 0.1) is 25.4 Å². The number of carboxylic acid groups (broad SMARTS) is 2. The molecule has 1 aromatic rings. The second kappa shape index (κ2) is 33.9. The minimum Gasteiger partial charge on any atom is -0.481 e. The Hall–Kier alpha value is -7.91. The average molecular weight is 1090 g/mol. The van der Waals surface area contributed by atoms with Crippen LogP contribution in [0, 0.1) is 17.8 Å². The zero-order chi connectivity index (χ0) is 58.7. The van der Waals surface area contributed by atoms with Crippen molar-refractivity contribution < 1.29 is 67.7 Å². The van der Waals surface area contributed by atoms with E-state index in [0.29, 0.717) is 0 Å². The van der Waals surface area contributed by atoms with Crippen LogP contribution < -0.4 is 70.8 Å². The molecule has 0 spiro atoms. The summed E-state index contributed by atoms with van der Waals surface area (Å²) >= 11 is 0. The molecule has 0 radical (unpaired) electrons. The zero-order valence-electron chi connectivity index (χ0n) is 44.9. The Bertz CT molecular complexity index is 2240. The van der Waals surface area contributed by atoms with Gasteiger partial charge in [-0.2, -0.15) is 0 Å². The van der Waals surface area contributed by atoms with Gasteiger partial charge in [0.1, 0.15) is 48.3 Å². The number of carboxylic acids is 2. The van der Waals surface area contributed by atoms with E-state index in [1.165, 1.54) is 13.8 Å². The molecule has 0 heterocycles. The van der Waals surface area contributed by atoms with E-state index < -0.39 is 151 Å². The van der Waals surface area contributed by atoms with Crippen LogP contribution in [0.1, 0.15) is 106 Å². The van der Waals surface area contributed by atoms with Gasteiger partial charge in [-0.05, 0) is 69.3 Å². The third kappa shape index (κ3) is 26.4. The fraction of sp³-hybridized carbons (Fsp3) is 0.612. The van der Waals surface area contributed by atoms with Gasteiger partial charge in [-0.1, -0.05) is 78.3 Å². The number of benzene rings is 1. The maximum Gasteiger partial charge on any atom is 0.326 e. The summed E-state index contributed by atoms with van der Waals surface area (Å²) in [4.78, 5) is 160. The molecule has 0 fully saturated rings. The maximum atomic E-state index is 14.1. The van der Waals surface area contributed by atoms with Crippen molar-refractivity contribution in [3.05, 3.63) is 35.9 Å². The molecule has 28 nitrogen and oxygen atoms in total. The highest BCUT2D eigenvalue weighted by molar-refractivity contribution is 6.00. The fourth-order valence-corrected chi connectivity index (χ4v) is 7.31. The lowest BCUT2D eigenvalue weighted by Gasteiger charge is -2.29. The van der Waals surface area contributed by atoms with Crippen LogP contribution >= 0.6 is 0 Å². The van der Waals surface area contributed by atoms with Crippen molar-refractivity contribution in [1.82, 2.24) is 47.9 Å². The molecule has 0 aromatic heterocycles. The summed E-state index contributed by atoms with van der Waals surface area (Å²) in [5.41, 5.74) is 23.2. The predicted octanol–water partition coefficient (Wildman–Crippen LogP) is -3.78. The molecule has 1 rings (SSSR count). The number of rotatable bonds is 35. The van der Waals surface area contributed by atoms with Gasteiger partial charge in [0, 0.05) is 6.54 Å². The number of carbonyl (C=O) groups is 12. The van der Waals surface area contributed by atoms with E-state index in [-0.39, 0.29) is 62.9 Å². The fourth-order valence-electron chi connectivity index (χ4n) is 7.31. The van der Waals surface area contributed by atoms with Gasteiger partial charge in [-0.25, -0.2) is 4.79 Å². The Morgan fingerprint density at radius 2 is 1.05 bits per heavy atom. The number of hydrogen-bond acceptors (Lipinski definition) is 14. The number of nitrogens with one attached hydrogen (secondary N) is 9. The van der Waals surface area contributed by atoms with Crippen molar-refractivity contribution in [2.75, 3.05) is 13.1 Å². The molecule has 1 aromatic carbocycles. The molecule has 0 aliphatic rings. The Morgan fingerprint density at radius 1 is 0.558 bits per heavy atom. The molecule has 10 amide bonds. The van der Waals surface area contributed by atoms with E-state index in [0.717, 1.165) is 5.56 Å². The van der Waals surface area contributed by atoms with Crippen molar-refractivity contribution in [3.63, 3.8) is 0 Å². The van der Waals surface area contributed by atoms with Gasteiger partial charge < -0.3 is 81.0 Å². The molecule has 0 bridgehead atoms. The van der Waals surface area contributed by atoms with Gasteiger partial charge in [-0.15, -0.1) is 0 Å². The number of aliphatic imine (C=N–C) groups is 1. The van der Waals surface area contributed by atoms with E-state index in [4.69, 9.17) is 22.9 Å². The number of aliphatic carboxylic acids is 2. The van der Waals surface area contributed by atoms with Gasteiger partial charge in [-0.3, -0.25) is 57.7 Å². The first-order chi connectivity index (χ1) is 35.9. The number of guanidine groups is 1. The van der Waals surface area contributed by atoms with E-state index in [9.17, 15) is 67.7 Å². The number of hydrogen-bond donors (Lipinski definition) is 15. The number of nitrogens with zero attached hydrogens (tertiary/aromatic N) is 1. The molecule has 0 unspecified atom stereocenters. The summed E-state index contributed by atoms with van der Waals surface area (Å²) in [5.74, 6) is -13.5. The van der Waals surface area contributed by atoms with Gasteiger partial charge in [0.15, 0.2) is 5.96 Å². The summed E-state index contributed by atoms with van der Waals surface area (Å²) in [7, 11) is 0. The highest BCUT2D eigenvalue weighted by Gasteiger charge is 2.36. The molecule has 0 saturated carbocycles. The van der Waals surface area contributed by atoms with E-state index in [2.05, 4.69) is 52.8 Å². The third-order valence-electron chi connectivity index (χ3n) is 11.7. The molecule has 0 saturated heterocycles. The normalized spacial score (nSPS) is 14.9. The predicted molar refractivity (Wildman–Crippen MR) is 280 cm³/mol. The largest absolute Gasteiger partial charge is 0.481 e. The van der Waals surface area contributed by atoms with Crippen LogP contribution in [-0.4, -0.2) is 155 Å². The third-order valence-corrected chi connectivity index (χ3v) is 11.7. The quantitative estimate of drug-likeness (QED) is 0.0176. The Morgan fingerprint density at radius 3 is 1.58 bits per heavy atom. The lowest BCUT2D eigenvalue weighted by molar-refractivity contribution is -0.142. The van der Waals surface area contributed by atoms with E-state index in [1.54, 1.807) is 71.9 Å². The summed E-state index contributed by atoms with van der Waals surface area (Å²) < 4.78 is 0. The van der Waals surface area contributed by atoms with Crippen molar-refractivity contribution in [2.45, 2.75) is 161 Å². The van der Waals surface area contributed by atoms with Crippen LogP contribution in [0.15, 0.2) is 35.3 Å². The smallest absolute Gasteiger partial charge is 0.326 e. The lowest BCUT2D eigenvalue weighted by atomic mass is 9.96. The minimum atomic E-state index is -1.88. The minimum absolute atomic E-state index is 0.00332. The lowest BCUT2D eigenvalue weighted by Crippen LogP contribution is -2.61. The van der Waals surface area contributed by atoms with Crippen LogP contribution in [0.2, 0.25) is 0 Å². The highest BCUT2D eigenvalue weighted by Crippen LogP contribution is 2.13. The first kappa shape index (κ1) is 67.1. The van der Waals surface area contributed by atoms with Crippen molar-refractivity contribution in [1.29, 1.82) is 0 Å². The molecule has 10 atom stereocenters. The number of primary amides is 1. The first-order valence-electron chi connectivity index (χ1n) is 25.2. The Kier molecular flexibility index (Phi) is 29.5. The zero-order valence-corrected chi connectivity index (χ0v) is 44.9. The topological polar surface area (TPSA) is 470 Å². The second-order valence-electron chi connectivity index (χ2n) is 19.5. The van der Waals surface area contributed by atoms with Crippen molar-refractivity contribution >= 4 is 77.0 Å². The molecule has 0 aliphatic carbocycles. The van der Waals surface area contributed by atoms with Gasteiger partial charge in [0.2, 0.25) is 59.1 Å². The Labute approximate surface area is 447 Å². The summed E-state index contributed by atoms with van der Waals surface area (Å²) in [5, 5.41) is 40.7. The average Bonchev–Trinajstić information content (AvgIpc) is 3.33. The van der Waals surface area contributed by atoms with Crippen LogP contribution in [-0.2, 0) is 64.0 Å². The summed E-state index contributed by atoms with van der Waals surface area (Å²) in [6.07, 6.45) is -1.38. The van der Waals surface area contributed by atoms with Gasteiger partial charge in [0.25, 0.3) is 0 Å². The number of carbonyl (C=O) groups excluding carboxylic acids is 10. The maximum absolute atomic E-state index is 14.1. The van der Waals surface area contributed by atoms with Gasteiger partial charge >= 0.3 is 11.9 Å². The van der Waals surface area contributed by atoms with E-state index in [1.807, 2.05) is 0 Å². The highest BCUT2D eigenvalue weighted by atomic mass is 16.4.